The molecule has 0 heterocycles. The van der Waals surface area contributed by atoms with Crippen molar-refractivity contribution >= 4 is 10.1 Å². The average molecular weight is 322 g/mol. The summed E-state index contributed by atoms with van der Waals surface area (Å²) in [5.74, 6) is 1.14. The van der Waals surface area contributed by atoms with Gasteiger partial charge in [-0.15, -0.1) is 0 Å². The molecule has 0 radical (unpaired) electrons. The molecule has 2 rings (SSSR count). The summed E-state index contributed by atoms with van der Waals surface area (Å²) in [5.41, 5.74) is 0. The number of hydrogen-bond acceptors (Lipinski definition) is 5. The maximum atomic E-state index is 12.3. The lowest BCUT2D eigenvalue weighted by Crippen LogP contribution is -2.10. The van der Waals surface area contributed by atoms with E-state index in [1.165, 1.54) is 12.1 Å². The predicted octanol–water partition coefficient (Wildman–Crippen LogP) is 3.25. The molecule has 0 N–H and O–H groups in total. The third-order valence-electron chi connectivity index (χ3n) is 2.75. The second-order valence-electron chi connectivity index (χ2n) is 4.33. The Kier molecular flexibility index (Phi) is 5.27. The van der Waals surface area contributed by atoms with Crippen molar-refractivity contribution in [2.45, 2.75) is 18.7 Å². The molecular weight excluding hydrogens is 304 g/mol. The van der Waals surface area contributed by atoms with Gasteiger partial charge in [-0.05, 0) is 38.1 Å². The summed E-state index contributed by atoms with van der Waals surface area (Å²) in [6, 6.07) is 12.8. The Labute approximate surface area is 130 Å². The molecule has 0 aliphatic heterocycles. The minimum Gasteiger partial charge on any atom is -0.490 e. The Bertz CT molecular complexity index is 711. The molecule has 0 fully saturated rings. The number of ether oxygens (including phenoxy) is 2. The first-order valence-electron chi connectivity index (χ1n) is 6.96. The topological polar surface area (TPSA) is 61.8 Å². The third-order valence-corrected chi connectivity index (χ3v) is 4.00. The SMILES string of the molecule is CCOc1ccc(S(=O)(=O)Oc2ccccc2)cc1OCC. The molecule has 0 bridgehead atoms. The molecule has 2 aromatic rings. The van der Waals surface area contributed by atoms with E-state index in [0.29, 0.717) is 24.7 Å². The molecule has 0 aliphatic carbocycles. The molecule has 0 spiro atoms. The van der Waals surface area contributed by atoms with E-state index >= 15 is 0 Å². The van der Waals surface area contributed by atoms with Gasteiger partial charge in [0.15, 0.2) is 11.5 Å². The lowest BCUT2D eigenvalue weighted by atomic mass is 10.3. The molecule has 0 saturated heterocycles. The van der Waals surface area contributed by atoms with Crippen LogP contribution in [0.4, 0.5) is 0 Å². The number of hydrogen-bond donors (Lipinski definition) is 0. The highest BCUT2D eigenvalue weighted by Gasteiger charge is 2.19. The van der Waals surface area contributed by atoms with Crippen molar-refractivity contribution in [3.63, 3.8) is 0 Å². The van der Waals surface area contributed by atoms with Crippen LogP contribution in [0.3, 0.4) is 0 Å². The highest BCUT2D eigenvalue weighted by atomic mass is 32.2. The fourth-order valence-corrected chi connectivity index (χ4v) is 2.78. The van der Waals surface area contributed by atoms with Crippen molar-refractivity contribution in [2.24, 2.45) is 0 Å². The van der Waals surface area contributed by atoms with Gasteiger partial charge in [-0.2, -0.15) is 8.42 Å². The van der Waals surface area contributed by atoms with Gasteiger partial charge in [0, 0.05) is 6.07 Å². The highest BCUT2D eigenvalue weighted by Crippen LogP contribution is 2.31. The molecule has 2 aromatic carbocycles. The Morgan fingerprint density at radius 3 is 2.14 bits per heavy atom. The Morgan fingerprint density at radius 1 is 0.864 bits per heavy atom. The smallest absolute Gasteiger partial charge is 0.339 e. The van der Waals surface area contributed by atoms with E-state index < -0.39 is 10.1 Å². The van der Waals surface area contributed by atoms with Gasteiger partial charge in [0.25, 0.3) is 0 Å². The molecule has 0 amide bonds. The van der Waals surface area contributed by atoms with E-state index in [1.54, 1.807) is 36.4 Å². The first-order chi connectivity index (χ1) is 10.6. The van der Waals surface area contributed by atoms with Crippen molar-refractivity contribution in [3.05, 3.63) is 48.5 Å². The maximum absolute atomic E-state index is 12.3. The fraction of sp³-hybridized carbons (Fsp3) is 0.250. The molecular formula is C16H18O5S. The van der Waals surface area contributed by atoms with Crippen LogP contribution in [0.2, 0.25) is 0 Å². The first kappa shape index (κ1) is 16.2. The number of para-hydroxylation sites is 1. The van der Waals surface area contributed by atoms with Crippen LogP contribution in [-0.4, -0.2) is 21.6 Å². The van der Waals surface area contributed by atoms with Crippen molar-refractivity contribution in [3.8, 4) is 17.2 Å². The van der Waals surface area contributed by atoms with Gasteiger partial charge in [0.2, 0.25) is 0 Å². The zero-order valence-electron chi connectivity index (χ0n) is 12.5. The number of rotatable bonds is 7. The van der Waals surface area contributed by atoms with Crippen molar-refractivity contribution < 1.29 is 22.1 Å². The Hall–Kier alpha value is -2.21. The van der Waals surface area contributed by atoms with Gasteiger partial charge in [0.1, 0.15) is 10.6 Å². The molecule has 0 atom stereocenters. The largest absolute Gasteiger partial charge is 0.490 e. The second-order valence-corrected chi connectivity index (χ2v) is 5.87. The summed E-state index contributed by atoms with van der Waals surface area (Å²) < 4.78 is 40.6. The third kappa shape index (κ3) is 3.92. The average Bonchev–Trinajstić information content (AvgIpc) is 2.50. The first-order valence-corrected chi connectivity index (χ1v) is 8.37. The van der Waals surface area contributed by atoms with Crippen LogP contribution < -0.4 is 13.7 Å². The second kappa shape index (κ2) is 7.17. The minimum atomic E-state index is -3.92. The quantitative estimate of drug-likeness (QED) is 0.732. The van der Waals surface area contributed by atoms with Crippen molar-refractivity contribution in [1.29, 1.82) is 0 Å². The minimum absolute atomic E-state index is 0.0169. The van der Waals surface area contributed by atoms with Gasteiger partial charge < -0.3 is 13.7 Å². The summed E-state index contributed by atoms with van der Waals surface area (Å²) in [6.07, 6.45) is 0. The van der Waals surface area contributed by atoms with E-state index in [0.717, 1.165) is 0 Å². The molecule has 0 aliphatic rings. The van der Waals surface area contributed by atoms with Crippen LogP contribution in [0.5, 0.6) is 17.2 Å². The zero-order chi connectivity index (χ0) is 16.0. The lowest BCUT2D eigenvalue weighted by molar-refractivity contribution is 0.287. The summed E-state index contributed by atoms with van der Waals surface area (Å²) in [5, 5.41) is 0. The molecule has 5 nitrogen and oxygen atoms in total. The molecule has 22 heavy (non-hydrogen) atoms. The monoisotopic (exact) mass is 322 g/mol. The van der Waals surface area contributed by atoms with Crippen LogP contribution in [0.25, 0.3) is 0 Å². The molecule has 0 unspecified atom stereocenters. The summed E-state index contributed by atoms with van der Waals surface area (Å²) >= 11 is 0. The maximum Gasteiger partial charge on any atom is 0.339 e. The Balaban J connectivity index is 2.32. The van der Waals surface area contributed by atoms with E-state index in [9.17, 15) is 8.42 Å². The van der Waals surface area contributed by atoms with Crippen molar-refractivity contribution in [1.82, 2.24) is 0 Å². The standard InChI is InChI=1S/C16H18O5S/c1-3-19-15-11-10-14(12-16(15)20-4-2)22(17,18)21-13-8-6-5-7-9-13/h5-12H,3-4H2,1-2H3. The van der Waals surface area contributed by atoms with Gasteiger partial charge in [-0.1, -0.05) is 18.2 Å². The lowest BCUT2D eigenvalue weighted by Gasteiger charge is -2.13. The summed E-state index contributed by atoms with van der Waals surface area (Å²) in [6.45, 7) is 4.53. The number of benzene rings is 2. The van der Waals surface area contributed by atoms with E-state index in [4.69, 9.17) is 13.7 Å². The molecule has 0 saturated carbocycles. The molecule has 118 valence electrons. The van der Waals surface area contributed by atoms with Gasteiger partial charge in [0.05, 0.1) is 13.2 Å². The van der Waals surface area contributed by atoms with Gasteiger partial charge in [-0.3, -0.25) is 0 Å². The van der Waals surface area contributed by atoms with Crippen molar-refractivity contribution in [2.75, 3.05) is 13.2 Å². The summed E-state index contributed by atoms with van der Waals surface area (Å²) in [4.78, 5) is 0.0169. The van der Waals surface area contributed by atoms with Crippen LogP contribution in [0.15, 0.2) is 53.4 Å². The highest BCUT2D eigenvalue weighted by molar-refractivity contribution is 7.87. The van der Waals surface area contributed by atoms with Gasteiger partial charge >= 0.3 is 10.1 Å². The summed E-state index contributed by atoms with van der Waals surface area (Å²) in [7, 11) is -3.92. The molecule has 6 heteroatoms. The fourth-order valence-electron chi connectivity index (χ4n) is 1.84. The zero-order valence-corrected chi connectivity index (χ0v) is 13.3. The van der Waals surface area contributed by atoms with E-state index in [1.807, 2.05) is 13.8 Å². The van der Waals surface area contributed by atoms with Crippen LogP contribution >= 0.6 is 0 Å². The molecule has 0 aromatic heterocycles. The van der Waals surface area contributed by atoms with E-state index in [-0.39, 0.29) is 10.6 Å². The predicted molar refractivity (Wildman–Crippen MR) is 83.0 cm³/mol. The van der Waals surface area contributed by atoms with Gasteiger partial charge in [-0.25, -0.2) is 0 Å². The Morgan fingerprint density at radius 2 is 1.50 bits per heavy atom. The van der Waals surface area contributed by atoms with Crippen LogP contribution in [0, 0.1) is 0 Å². The van der Waals surface area contributed by atoms with Crippen LogP contribution in [-0.2, 0) is 10.1 Å². The van der Waals surface area contributed by atoms with Crippen LogP contribution in [0.1, 0.15) is 13.8 Å². The normalized spacial score (nSPS) is 11.0. The van der Waals surface area contributed by atoms with E-state index in [2.05, 4.69) is 0 Å².